The van der Waals surface area contributed by atoms with Crippen LogP contribution in [-0.2, 0) is 0 Å². The molecule has 0 unspecified atom stereocenters. The third kappa shape index (κ3) is 1.02. The Labute approximate surface area is 72.2 Å². The number of benzene rings is 2. The van der Waals surface area contributed by atoms with Crippen molar-refractivity contribution in [2.45, 2.75) is 0 Å². The van der Waals surface area contributed by atoms with Crippen LogP contribution in [0.5, 0.6) is 0 Å². The van der Waals surface area contributed by atoms with Gasteiger partial charge in [-0.05, 0) is 22.4 Å². The maximum Gasteiger partial charge on any atom is -0.00328 e. The van der Waals surface area contributed by atoms with E-state index < -0.39 is 0 Å². The molecule has 0 spiro atoms. The minimum absolute atomic E-state index is 1.15. The van der Waals surface area contributed by atoms with E-state index in [2.05, 4.69) is 24.8 Å². The van der Waals surface area contributed by atoms with Crippen molar-refractivity contribution in [1.29, 1.82) is 0 Å². The van der Waals surface area contributed by atoms with E-state index in [1.165, 1.54) is 5.39 Å². The normalized spacial score (nSPS) is 10.0. The van der Waals surface area contributed by atoms with Crippen LogP contribution >= 0.6 is 0 Å². The Balaban J connectivity index is 2.88. The number of hydrogen-bond donors (Lipinski definition) is 0. The zero-order valence-electron chi connectivity index (χ0n) is 6.75. The average molecular weight is 153 g/mol. The summed E-state index contributed by atoms with van der Waals surface area (Å²) in [6, 6.07) is 15.4. The largest absolute Gasteiger partial charge is 0.0984 e. The fourth-order valence-corrected chi connectivity index (χ4v) is 1.35. The Morgan fingerprint density at radius 1 is 1.17 bits per heavy atom. The molecule has 0 nitrogen and oxygen atoms in total. The summed E-state index contributed by atoms with van der Waals surface area (Å²) in [6.45, 7) is 3.76. The average Bonchev–Trinajstić information content (AvgIpc) is 2.17. The monoisotopic (exact) mass is 153 g/mol. The summed E-state index contributed by atoms with van der Waals surface area (Å²) in [7, 11) is 0. The molecule has 0 aliphatic carbocycles. The van der Waals surface area contributed by atoms with Crippen LogP contribution in [0.4, 0.5) is 0 Å². The van der Waals surface area contributed by atoms with E-state index in [1.807, 2.05) is 30.3 Å². The molecule has 2 aromatic carbocycles. The Morgan fingerprint density at radius 2 is 2.00 bits per heavy atom. The smallest absolute Gasteiger partial charge is 0.00328 e. The second kappa shape index (κ2) is 2.82. The van der Waals surface area contributed by atoms with Gasteiger partial charge in [0.05, 0.1) is 0 Å². The Hall–Kier alpha value is -1.56. The van der Waals surface area contributed by atoms with Gasteiger partial charge < -0.3 is 0 Å². The summed E-state index contributed by atoms with van der Waals surface area (Å²) in [4.78, 5) is 0. The van der Waals surface area contributed by atoms with E-state index in [9.17, 15) is 0 Å². The van der Waals surface area contributed by atoms with Crippen LogP contribution < -0.4 is 0 Å². The first-order chi connectivity index (χ1) is 5.92. The summed E-state index contributed by atoms with van der Waals surface area (Å²) in [6.07, 6.45) is 1.86. The van der Waals surface area contributed by atoms with Crippen molar-refractivity contribution in [2.75, 3.05) is 0 Å². The highest BCUT2D eigenvalue weighted by molar-refractivity contribution is 5.89. The van der Waals surface area contributed by atoms with E-state index in [-0.39, 0.29) is 0 Å². The van der Waals surface area contributed by atoms with E-state index >= 15 is 0 Å². The molecule has 0 saturated carbocycles. The molecular weight excluding hydrogens is 144 g/mol. The summed E-state index contributed by atoms with van der Waals surface area (Å²) >= 11 is 0. The molecule has 0 heterocycles. The molecule has 0 aliphatic rings. The highest BCUT2D eigenvalue weighted by atomic mass is 14.0. The third-order valence-corrected chi connectivity index (χ3v) is 1.95. The zero-order valence-corrected chi connectivity index (χ0v) is 6.75. The molecule has 0 fully saturated rings. The third-order valence-electron chi connectivity index (χ3n) is 1.95. The first-order valence-electron chi connectivity index (χ1n) is 3.93. The minimum atomic E-state index is 1.15. The molecule has 1 radical (unpaired) electrons. The predicted octanol–water partition coefficient (Wildman–Crippen LogP) is 3.28. The summed E-state index contributed by atoms with van der Waals surface area (Å²) in [5.74, 6) is 0. The van der Waals surface area contributed by atoms with Gasteiger partial charge in [0.1, 0.15) is 0 Å². The maximum atomic E-state index is 3.76. The molecule has 0 atom stereocenters. The van der Waals surface area contributed by atoms with Crippen molar-refractivity contribution in [3.63, 3.8) is 0 Å². The summed E-state index contributed by atoms with van der Waals surface area (Å²) < 4.78 is 0. The lowest BCUT2D eigenvalue weighted by Crippen LogP contribution is -1.76. The molecule has 0 bridgehead atoms. The van der Waals surface area contributed by atoms with Gasteiger partial charge in [0.25, 0.3) is 0 Å². The molecular formula is C12H9. The van der Waals surface area contributed by atoms with Crippen molar-refractivity contribution in [3.05, 3.63) is 54.6 Å². The van der Waals surface area contributed by atoms with Crippen molar-refractivity contribution in [2.24, 2.45) is 0 Å². The Bertz CT molecular complexity index is 408. The lowest BCUT2D eigenvalue weighted by Gasteiger charge is -1.99. The van der Waals surface area contributed by atoms with Gasteiger partial charge in [-0.1, -0.05) is 49.1 Å². The molecule has 0 N–H and O–H groups in total. The number of fused-ring (bicyclic) bond motifs is 1. The van der Waals surface area contributed by atoms with Gasteiger partial charge >= 0.3 is 0 Å². The van der Waals surface area contributed by atoms with Gasteiger partial charge in [0.15, 0.2) is 0 Å². The number of rotatable bonds is 1. The molecule has 2 rings (SSSR count). The highest BCUT2D eigenvalue weighted by Crippen LogP contribution is 2.18. The predicted molar refractivity (Wildman–Crippen MR) is 52.9 cm³/mol. The quantitative estimate of drug-likeness (QED) is 0.589. The van der Waals surface area contributed by atoms with E-state index in [4.69, 9.17) is 0 Å². The number of hydrogen-bond acceptors (Lipinski definition) is 0. The fourth-order valence-electron chi connectivity index (χ4n) is 1.35. The molecule has 0 aliphatic heterocycles. The highest BCUT2D eigenvalue weighted by Gasteiger charge is 1.94. The first-order valence-corrected chi connectivity index (χ1v) is 3.93. The van der Waals surface area contributed by atoms with Gasteiger partial charge in [0.2, 0.25) is 0 Å². The van der Waals surface area contributed by atoms with Gasteiger partial charge in [-0.2, -0.15) is 0 Å². The van der Waals surface area contributed by atoms with Gasteiger partial charge in [0, 0.05) is 0 Å². The van der Waals surface area contributed by atoms with E-state index in [1.54, 1.807) is 0 Å². The molecule has 0 saturated heterocycles. The molecule has 57 valence electrons. The van der Waals surface area contributed by atoms with Crippen molar-refractivity contribution in [1.82, 2.24) is 0 Å². The van der Waals surface area contributed by atoms with Crippen molar-refractivity contribution < 1.29 is 0 Å². The van der Waals surface area contributed by atoms with Crippen LogP contribution in [0.25, 0.3) is 16.8 Å². The second-order valence-electron chi connectivity index (χ2n) is 2.69. The zero-order chi connectivity index (χ0) is 8.39. The molecule has 12 heavy (non-hydrogen) atoms. The molecule has 0 aromatic heterocycles. The van der Waals surface area contributed by atoms with Crippen LogP contribution in [0.1, 0.15) is 5.56 Å². The maximum absolute atomic E-state index is 3.76. The van der Waals surface area contributed by atoms with Crippen molar-refractivity contribution >= 4 is 16.8 Å². The standard InChI is InChI=1S/C12H9/c1-2-10-7-5-8-11-6-3-4-9-12(10)11/h2-8H,1H2. The summed E-state index contributed by atoms with van der Waals surface area (Å²) in [5, 5.41) is 2.37. The van der Waals surface area contributed by atoms with E-state index in [0.717, 1.165) is 10.9 Å². The lowest BCUT2D eigenvalue weighted by atomic mass is 10.1. The minimum Gasteiger partial charge on any atom is -0.0984 e. The second-order valence-corrected chi connectivity index (χ2v) is 2.69. The van der Waals surface area contributed by atoms with Crippen LogP contribution in [0, 0.1) is 6.07 Å². The van der Waals surface area contributed by atoms with Gasteiger partial charge in [-0.15, -0.1) is 0 Å². The lowest BCUT2D eigenvalue weighted by molar-refractivity contribution is 1.71. The molecule has 2 aromatic rings. The Morgan fingerprint density at radius 3 is 2.83 bits per heavy atom. The SMILES string of the molecule is C=Cc1cccc2ccc[c]c12. The molecule has 0 heteroatoms. The van der Waals surface area contributed by atoms with Crippen LogP contribution in [0.2, 0.25) is 0 Å². The van der Waals surface area contributed by atoms with Crippen LogP contribution in [0.15, 0.2) is 43.0 Å². The summed E-state index contributed by atoms with van der Waals surface area (Å²) in [5.41, 5.74) is 1.15. The van der Waals surface area contributed by atoms with Crippen molar-refractivity contribution in [3.8, 4) is 0 Å². The topological polar surface area (TPSA) is 0 Å². The van der Waals surface area contributed by atoms with Crippen LogP contribution in [-0.4, -0.2) is 0 Å². The first kappa shape index (κ1) is 7.11. The van der Waals surface area contributed by atoms with E-state index in [0.29, 0.717) is 0 Å². The van der Waals surface area contributed by atoms with Crippen LogP contribution in [0.3, 0.4) is 0 Å². The fraction of sp³-hybridized carbons (Fsp3) is 0. The van der Waals surface area contributed by atoms with Gasteiger partial charge in [-0.3, -0.25) is 0 Å². The molecule has 0 amide bonds. The Kier molecular flexibility index (Phi) is 1.67. The van der Waals surface area contributed by atoms with Gasteiger partial charge in [-0.25, -0.2) is 0 Å².